The van der Waals surface area contributed by atoms with E-state index in [9.17, 15) is 9.59 Å². The van der Waals surface area contributed by atoms with E-state index in [-0.39, 0.29) is 12.3 Å². The first-order valence-electron chi connectivity index (χ1n) is 3.46. The van der Waals surface area contributed by atoms with Crippen LogP contribution in [0.4, 0.5) is 0 Å². The van der Waals surface area contributed by atoms with Gasteiger partial charge in [-0.25, -0.2) is 3.71 Å². The summed E-state index contributed by atoms with van der Waals surface area (Å²) in [5.74, 6) is -1.05. The van der Waals surface area contributed by atoms with Gasteiger partial charge in [-0.05, 0) is 12.8 Å². The van der Waals surface area contributed by atoms with E-state index in [0.29, 0.717) is 19.3 Å². The molecule has 0 aromatic heterocycles. The average molecular weight is 209 g/mol. The third-order valence-electron chi connectivity index (χ3n) is 1.25. The molecule has 0 fully saturated rings. The molecule has 0 unspecified atom stereocenters. The van der Waals surface area contributed by atoms with Crippen molar-refractivity contribution in [3.63, 3.8) is 0 Å². The highest BCUT2D eigenvalue weighted by molar-refractivity contribution is 7.94. The summed E-state index contributed by atoms with van der Waals surface area (Å²) in [6.07, 6.45) is 1.46. The summed E-state index contributed by atoms with van der Waals surface area (Å²) in [6.45, 7) is 0. The van der Waals surface area contributed by atoms with Crippen molar-refractivity contribution in [2.75, 3.05) is 0 Å². The summed E-state index contributed by atoms with van der Waals surface area (Å²) in [6, 6.07) is 0. The molecule has 0 aliphatic carbocycles. The molecule has 0 atom stereocenters. The Bertz CT molecular complexity index is 172. The topological polar surface area (TPSA) is 57.6 Å². The van der Waals surface area contributed by atoms with Crippen LogP contribution in [0.2, 0.25) is 0 Å². The molecule has 0 saturated heterocycles. The largest absolute Gasteiger partial charge is 0.481 e. The third-order valence-corrected chi connectivity index (χ3v) is 1.70. The fourth-order valence-corrected chi connectivity index (χ4v) is 0.852. The lowest BCUT2D eigenvalue weighted by Crippen LogP contribution is -2.10. The molecule has 70 valence electrons. The summed E-state index contributed by atoms with van der Waals surface area (Å²) in [7, 11) is 0. The Kier molecular flexibility index (Phi) is 6.00. The Balaban J connectivity index is 3.32. The van der Waals surface area contributed by atoms with Crippen LogP contribution in [0.25, 0.3) is 0 Å². The molecule has 0 heterocycles. The zero-order valence-electron chi connectivity index (χ0n) is 6.43. The predicted molar refractivity (Wildman–Crippen MR) is 50.9 cm³/mol. The average Bonchev–Trinajstić information content (AvgIpc) is 1.97. The lowest BCUT2D eigenvalue weighted by molar-refractivity contribution is -0.137. The smallest absolute Gasteiger partial charge is 0.303 e. The molecular formula is C6H11NO3S2. The number of thiol groups is 2. The van der Waals surface area contributed by atoms with Gasteiger partial charge in [0.15, 0.2) is 0 Å². The molecule has 0 aliphatic heterocycles. The highest BCUT2D eigenvalue weighted by atomic mass is 32.2. The zero-order chi connectivity index (χ0) is 9.56. The maximum Gasteiger partial charge on any atom is 0.303 e. The molecule has 0 aromatic rings. The van der Waals surface area contributed by atoms with Crippen LogP contribution in [0.1, 0.15) is 25.7 Å². The third kappa shape index (κ3) is 6.36. The van der Waals surface area contributed by atoms with Gasteiger partial charge < -0.3 is 5.11 Å². The summed E-state index contributed by atoms with van der Waals surface area (Å²) >= 11 is 7.33. The summed E-state index contributed by atoms with van der Waals surface area (Å²) in [5, 5.41) is 8.26. The molecule has 0 radical (unpaired) electrons. The van der Waals surface area contributed by atoms with Gasteiger partial charge >= 0.3 is 5.97 Å². The van der Waals surface area contributed by atoms with Gasteiger partial charge in [0.25, 0.3) is 0 Å². The Labute approximate surface area is 82.0 Å². The molecule has 0 spiro atoms. The minimum atomic E-state index is -0.837. The zero-order valence-corrected chi connectivity index (χ0v) is 8.22. The summed E-state index contributed by atoms with van der Waals surface area (Å²) in [4.78, 5) is 20.9. The monoisotopic (exact) mass is 209 g/mol. The van der Waals surface area contributed by atoms with Crippen LogP contribution in [-0.4, -0.2) is 20.7 Å². The number of carboxylic acid groups (broad SMARTS) is 1. The standard InChI is InChI=1S/C6H11NO3S2/c8-5(7(11)12)3-1-2-4-6(9)10/h11-12H,1-4H2,(H,9,10). The number of carboxylic acids is 1. The molecule has 1 N–H and O–H groups in total. The van der Waals surface area contributed by atoms with Crippen LogP contribution in [0.5, 0.6) is 0 Å². The first-order chi connectivity index (χ1) is 5.54. The fraction of sp³-hybridized carbons (Fsp3) is 0.667. The summed E-state index contributed by atoms with van der Waals surface area (Å²) < 4.78 is 0.904. The van der Waals surface area contributed by atoms with Crippen LogP contribution in [0.3, 0.4) is 0 Å². The first kappa shape index (κ1) is 11.6. The number of amides is 1. The van der Waals surface area contributed by atoms with E-state index in [1.165, 1.54) is 0 Å². The highest BCUT2D eigenvalue weighted by Crippen LogP contribution is 2.06. The van der Waals surface area contributed by atoms with Crippen LogP contribution in [0.15, 0.2) is 0 Å². The quantitative estimate of drug-likeness (QED) is 0.470. The number of carbonyl (C=O) groups is 2. The van der Waals surface area contributed by atoms with E-state index in [0.717, 1.165) is 3.71 Å². The SMILES string of the molecule is O=C(O)CCCCC(=O)N(S)S. The second kappa shape index (κ2) is 6.19. The number of unbranched alkanes of at least 4 members (excludes halogenated alkanes) is 1. The number of aliphatic carboxylic acids is 1. The van der Waals surface area contributed by atoms with Crippen LogP contribution in [0, 0.1) is 0 Å². The number of nitrogens with zero attached hydrogens (tertiary/aromatic N) is 1. The molecule has 0 aliphatic rings. The van der Waals surface area contributed by atoms with Crippen molar-refractivity contribution < 1.29 is 14.7 Å². The lowest BCUT2D eigenvalue weighted by atomic mass is 10.2. The second-order valence-corrected chi connectivity index (χ2v) is 3.40. The van der Waals surface area contributed by atoms with E-state index in [1.807, 2.05) is 0 Å². The molecule has 1 amide bonds. The van der Waals surface area contributed by atoms with Crippen LogP contribution < -0.4 is 0 Å². The number of carbonyl (C=O) groups excluding carboxylic acids is 1. The Morgan fingerprint density at radius 1 is 1.17 bits per heavy atom. The van der Waals surface area contributed by atoms with Gasteiger partial charge in [-0.2, -0.15) is 0 Å². The minimum Gasteiger partial charge on any atom is -0.481 e. The maximum atomic E-state index is 10.8. The van der Waals surface area contributed by atoms with Gasteiger partial charge in [0.05, 0.1) is 0 Å². The van der Waals surface area contributed by atoms with Crippen molar-refractivity contribution in [3.05, 3.63) is 0 Å². The van der Waals surface area contributed by atoms with Crippen molar-refractivity contribution in [3.8, 4) is 0 Å². The molecule has 0 aromatic carbocycles. The molecule has 6 heteroatoms. The normalized spacial score (nSPS) is 9.50. The molecule has 12 heavy (non-hydrogen) atoms. The van der Waals surface area contributed by atoms with E-state index < -0.39 is 5.97 Å². The number of hydrogen-bond donors (Lipinski definition) is 3. The summed E-state index contributed by atoms with van der Waals surface area (Å²) in [5.41, 5.74) is 0. The van der Waals surface area contributed by atoms with Gasteiger partial charge in [-0.1, -0.05) is 25.6 Å². The second-order valence-electron chi connectivity index (χ2n) is 2.28. The van der Waals surface area contributed by atoms with Crippen molar-refractivity contribution in [1.82, 2.24) is 3.71 Å². The van der Waals surface area contributed by atoms with Crippen molar-refractivity contribution in [2.45, 2.75) is 25.7 Å². The van der Waals surface area contributed by atoms with Crippen LogP contribution in [-0.2, 0) is 9.59 Å². The first-order valence-corrected chi connectivity index (χ1v) is 4.26. The minimum absolute atomic E-state index is 0.104. The van der Waals surface area contributed by atoms with Crippen molar-refractivity contribution in [1.29, 1.82) is 0 Å². The molecule has 0 rings (SSSR count). The predicted octanol–water partition coefficient (Wildman–Crippen LogP) is 1.15. The Morgan fingerprint density at radius 3 is 2.08 bits per heavy atom. The van der Waals surface area contributed by atoms with E-state index in [1.54, 1.807) is 0 Å². The van der Waals surface area contributed by atoms with E-state index in [4.69, 9.17) is 5.11 Å². The Hall–Kier alpha value is -0.360. The molecule has 4 nitrogen and oxygen atoms in total. The molecule has 0 bridgehead atoms. The van der Waals surface area contributed by atoms with E-state index >= 15 is 0 Å². The van der Waals surface area contributed by atoms with Crippen LogP contribution >= 0.6 is 25.6 Å². The van der Waals surface area contributed by atoms with Gasteiger partial charge in [-0.3, -0.25) is 9.59 Å². The van der Waals surface area contributed by atoms with Gasteiger partial charge in [0.2, 0.25) is 5.91 Å². The van der Waals surface area contributed by atoms with Gasteiger partial charge in [0.1, 0.15) is 0 Å². The van der Waals surface area contributed by atoms with Crippen molar-refractivity contribution >= 4 is 37.5 Å². The number of rotatable bonds is 5. The van der Waals surface area contributed by atoms with Gasteiger partial charge in [-0.15, -0.1) is 0 Å². The maximum absolute atomic E-state index is 10.8. The molecular weight excluding hydrogens is 198 g/mol. The lowest BCUT2D eigenvalue weighted by Gasteiger charge is -2.05. The number of hydrogen-bond acceptors (Lipinski definition) is 4. The Morgan fingerprint density at radius 2 is 1.67 bits per heavy atom. The van der Waals surface area contributed by atoms with Crippen molar-refractivity contribution in [2.24, 2.45) is 0 Å². The highest BCUT2D eigenvalue weighted by Gasteiger charge is 2.05. The van der Waals surface area contributed by atoms with Gasteiger partial charge in [0, 0.05) is 12.8 Å². The fourth-order valence-electron chi connectivity index (χ4n) is 0.652. The molecule has 0 saturated carbocycles. The van der Waals surface area contributed by atoms with E-state index in [2.05, 4.69) is 25.6 Å².